The molecule has 0 aliphatic heterocycles. The lowest BCUT2D eigenvalue weighted by Crippen LogP contribution is -2.07. The van der Waals surface area contributed by atoms with Crippen molar-refractivity contribution in [1.29, 1.82) is 0 Å². The zero-order chi connectivity index (χ0) is 14.9. The molecule has 0 amide bonds. The molecular weight excluding hydrogens is 312 g/mol. The monoisotopic (exact) mass is 324 g/mol. The van der Waals surface area contributed by atoms with E-state index in [0.29, 0.717) is 23.7 Å². The Hall–Kier alpha value is -2.00. The van der Waals surface area contributed by atoms with Gasteiger partial charge in [-0.05, 0) is 18.4 Å². The molecule has 3 rings (SSSR count). The Morgan fingerprint density at radius 1 is 1.43 bits per heavy atom. The van der Waals surface area contributed by atoms with Gasteiger partial charge >= 0.3 is 0 Å². The summed E-state index contributed by atoms with van der Waals surface area (Å²) in [5.41, 5.74) is 0.345. The van der Waals surface area contributed by atoms with Crippen LogP contribution in [0.3, 0.4) is 0 Å². The fraction of sp³-hybridized carbons (Fsp3) is 0.250. The van der Waals surface area contributed by atoms with Crippen LogP contribution in [0.4, 0.5) is 0 Å². The summed E-state index contributed by atoms with van der Waals surface area (Å²) in [6, 6.07) is 5.47. The fourth-order valence-corrected chi connectivity index (χ4v) is 3.62. The maximum Gasteiger partial charge on any atom is 0.267 e. The first kappa shape index (κ1) is 14.0. The number of H-pyrrole nitrogens is 1. The van der Waals surface area contributed by atoms with Gasteiger partial charge in [-0.1, -0.05) is 11.2 Å². The van der Waals surface area contributed by atoms with E-state index in [9.17, 15) is 8.42 Å². The Labute approximate surface area is 124 Å². The summed E-state index contributed by atoms with van der Waals surface area (Å²) in [7, 11) is -3.63. The van der Waals surface area contributed by atoms with Gasteiger partial charge in [0, 0.05) is 17.4 Å². The minimum Gasteiger partial charge on any atom is -0.361 e. The third-order valence-corrected chi connectivity index (χ3v) is 5.02. The highest BCUT2D eigenvalue weighted by Crippen LogP contribution is 2.15. The number of hydrogen-bond acceptors (Lipinski definition) is 7. The molecule has 1 N–H and O–H groups in total. The number of hydrogen-bond donors (Lipinski definition) is 1. The predicted octanol–water partition coefficient (Wildman–Crippen LogP) is 1.73. The van der Waals surface area contributed by atoms with Gasteiger partial charge < -0.3 is 4.52 Å². The van der Waals surface area contributed by atoms with E-state index in [1.807, 2.05) is 17.5 Å². The second kappa shape index (κ2) is 5.41. The molecule has 110 valence electrons. The topological polar surface area (TPSA) is 102 Å². The molecule has 0 radical (unpaired) electrons. The number of nitrogens with one attached hydrogen (secondary N) is 1. The Morgan fingerprint density at radius 3 is 2.95 bits per heavy atom. The Morgan fingerprint density at radius 2 is 2.29 bits per heavy atom. The van der Waals surface area contributed by atoms with Crippen LogP contribution in [-0.4, -0.2) is 28.8 Å². The molecule has 0 aromatic carbocycles. The van der Waals surface area contributed by atoms with Crippen LogP contribution in [0, 0.1) is 6.92 Å². The molecule has 0 aliphatic rings. The average molecular weight is 324 g/mol. The van der Waals surface area contributed by atoms with Gasteiger partial charge in [0.15, 0.2) is 0 Å². The molecule has 0 aliphatic carbocycles. The third-order valence-electron chi connectivity index (χ3n) is 2.73. The summed E-state index contributed by atoms with van der Waals surface area (Å²) in [4.78, 5) is 5.14. The lowest BCUT2D eigenvalue weighted by atomic mass is 10.3. The van der Waals surface area contributed by atoms with Gasteiger partial charge in [0.1, 0.15) is 17.3 Å². The van der Waals surface area contributed by atoms with Crippen molar-refractivity contribution in [2.45, 2.75) is 24.3 Å². The minimum atomic E-state index is -3.63. The first-order chi connectivity index (χ1) is 10.0. The normalized spacial score (nSPS) is 11.9. The highest BCUT2D eigenvalue weighted by Gasteiger charge is 2.22. The van der Waals surface area contributed by atoms with Gasteiger partial charge in [0.05, 0.1) is 5.69 Å². The van der Waals surface area contributed by atoms with Gasteiger partial charge in [-0.3, -0.25) is 5.10 Å². The van der Waals surface area contributed by atoms with E-state index < -0.39 is 9.84 Å². The second-order valence-electron chi connectivity index (χ2n) is 4.51. The van der Waals surface area contributed by atoms with Crippen molar-refractivity contribution in [2.75, 3.05) is 0 Å². The summed E-state index contributed by atoms with van der Waals surface area (Å²) in [6.45, 7) is 1.70. The van der Waals surface area contributed by atoms with Crippen LogP contribution in [0.25, 0.3) is 0 Å². The number of aromatic amines is 1. The van der Waals surface area contributed by atoms with E-state index >= 15 is 0 Å². The maximum absolute atomic E-state index is 12.2. The second-order valence-corrected chi connectivity index (χ2v) is 7.42. The first-order valence-corrected chi connectivity index (χ1v) is 8.65. The van der Waals surface area contributed by atoms with E-state index in [1.54, 1.807) is 24.3 Å². The standard InChI is InChI=1S/C12H12N4O3S2/c1-8-5-9(16-19-8)7-21(17,18)12-13-11(14-15-12)6-10-3-2-4-20-10/h2-5H,6-7H2,1H3,(H,13,14,15). The minimum absolute atomic E-state index is 0.213. The van der Waals surface area contributed by atoms with Crippen molar-refractivity contribution in [3.8, 4) is 0 Å². The molecule has 0 saturated heterocycles. The number of thiophene rings is 1. The summed E-state index contributed by atoms with van der Waals surface area (Å²) < 4.78 is 29.3. The van der Waals surface area contributed by atoms with Crippen molar-refractivity contribution < 1.29 is 12.9 Å². The lowest BCUT2D eigenvalue weighted by molar-refractivity contribution is 0.392. The number of sulfone groups is 1. The molecule has 0 fully saturated rings. The third kappa shape index (κ3) is 3.19. The lowest BCUT2D eigenvalue weighted by Gasteiger charge is -1.95. The van der Waals surface area contributed by atoms with Crippen molar-refractivity contribution in [3.63, 3.8) is 0 Å². The number of nitrogens with zero attached hydrogens (tertiary/aromatic N) is 3. The van der Waals surface area contributed by atoms with Gasteiger partial charge in [-0.2, -0.15) is 0 Å². The fourth-order valence-electron chi connectivity index (χ4n) is 1.82. The molecule has 0 saturated carbocycles. The quantitative estimate of drug-likeness (QED) is 0.767. The summed E-state index contributed by atoms with van der Waals surface area (Å²) in [5, 5.41) is 11.9. The summed E-state index contributed by atoms with van der Waals surface area (Å²) in [5.74, 6) is 0.807. The zero-order valence-electron chi connectivity index (χ0n) is 11.1. The molecule has 0 spiro atoms. The van der Waals surface area contributed by atoms with Crippen LogP contribution in [0.1, 0.15) is 22.2 Å². The average Bonchev–Trinajstić information content (AvgIpc) is 3.12. The van der Waals surface area contributed by atoms with Crippen LogP contribution in [0.5, 0.6) is 0 Å². The molecule has 0 unspecified atom stereocenters. The van der Waals surface area contributed by atoms with E-state index in [1.165, 1.54) is 0 Å². The van der Waals surface area contributed by atoms with Crippen LogP contribution < -0.4 is 0 Å². The van der Waals surface area contributed by atoms with E-state index in [2.05, 4.69) is 20.3 Å². The molecule has 0 bridgehead atoms. The maximum atomic E-state index is 12.2. The van der Waals surface area contributed by atoms with Crippen LogP contribution in [0.2, 0.25) is 0 Å². The number of rotatable bonds is 5. The predicted molar refractivity (Wildman–Crippen MR) is 75.6 cm³/mol. The molecule has 3 aromatic heterocycles. The summed E-state index contributed by atoms with van der Waals surface area (Å²) in [6.07, 6.45) is 0.531. The van der Waals surface area contributed by atoms with Gasteiger partial charge in [0.25, 0.3) is 5.16 Å². The van der Waals surface area contributed by atoms with Crippen molar-refractivity contribution in [1.82, 2.24) is 20.3 Å². The Bertz CT molecular complexity index is 834. The van der Waals surface area contributed by atoms with Crippen molar-refractivity contribution >= 4 is 21.2 Å². The Kier molecular flexibility index (Phi) is 3.60. The molecule has 7 nitrogen and oxygen atoms in total. The van der Waals surface area contributed by atoms with E-state index in [0.717, 1.165) is 4.88 Å². The molecule has 0 atom stereocenters. The largest absolute Gasteiger partial charge is 0.361 e. The highest BCUT2D eigenvalue weighted by molar-refractivity contribution is 7.90. The van der Waals surface area contributed by atoms with Gasteiger partial charge in [-0.15, -0.1) is 16.4 Å². The van der Waals surface area contributed by atoms with Crippen molar-refractivity contribution in [3.05, 3.63) is 45.7 Å². The molecule has 21 heavy (non-hydrogen) atoms. The van der Waals surface area contributed by atoms with E-state index in [4.69, 9.17) is 4.52 Å². The zero-order valence-corrected chi connectivity index (χ0v) is 12.7. The van der Waals surface area contributed by atoms with E-state index in [-0.39, 0.29) is 10.9 Å². The van der Waals surface area contributed by atoms with Gasteiger partial charge in [-0.25, -0.2) is 13.4 Å². The molecule has 3 aromatic rings. The SMILES string of the molecule is Cc1cc(CS(=O)(=O)c2n[nH]c(Cc3cccs3)n2)no1. The Balaban J connectivity index is 1.78. The smallest absolute Gasteiger partial charge is 0.267 e. The first-order valence-electron chi connectivity index (χ1n) is 6.11. The summed E-state index contributed by atoms with van der Waals surface area (Å²) >= 11 is 1.58. The molecular formula is C12H12N4O3S2. The van der Waals surface area contributed by atoms with Crippen molar-refractivity contribution in [2.24, 2.45) is 0 Å². The van der Waals surface area contributed by atoms with Crippen LogP contribution >= 0.6 is 11.3 Å². The molecule has 9 heteroatoms. The van der Waals surface area contributed by atoms with Gasteiger partial charge in [0.2, 0.25) is 9.84 Å². The molecule has 3 heterocycles. The van der Waals surface area contributed by atoms with Crippen LogP contribution in [0.15, 0.2) is 33.3 Å². The van der Waals surface area contributed by atoms with Crippen LogP contribution in [-0.2, 0) is 22.0 Å². The number of aromatic nitrogens is 4. The highest BCUT2D eigenvalue weighted by atomic mass is 32.2. The number of aryl methyl sites for hydroxylation is 1.